The number of carbonyl (C=O) groups excluding carboxylic acids is 1. The van der Waals surface area contributed by atoms with E-state index in [4.69, 9.17) is 4.42 Å². The summed E-state index contributed by atoms with van der Waals surface area (Å²) in [6, 6.07) is 2.47. The average molecular weight is 280 g/mol. The zero-order valence-electron chi connectivity index (χ0n) is 12.6. The van der Waals surface area contributed by atoms with Crippen molar-refractivity contribution in [3.8, 4) is 0 Å². The highest BCUT2D eigenvalue weighted by Crippen LogP contribution is 2.17. The van der Waals surface area contributed by atoms with E-state index in [1.807, 2.05) is 6.07 Å². The van der Waals surface area contributed by atoms with Crippen molar-refractivity contribution in [2.24, 2.45) is 0 Å². The third-order valence-corrected chi connectivity index (χ3v) is 4.02. The van der Waals surface area contributed by atoms with Crippen LogP contribution in [0.2, 0.25) is 0 Å². The maximum atomic E-state index is 11.2. The maximum Gasteiger partial charge on any atom is 0.306 e. The molecule has 1 saturated heterocycles. The molecule has 1 aromatic heterocycles. The van der Waals surface area contributed by atoms with Crippen LogP contribution in [0.15, 0.2) is 16.7 Å². The molecule has 0 N–H and O–H groups in total. The van der Waals surface area contributed by atoms with Gasteiger partial charge in [-0.2, -0.15) is 0 Å². The summed E-state index contributed by atoms with van der Waals surface area (Å²) in [5.74, 6) is 0.922. The summed E-state index contributed by atoms with van der Waals surface area (Å²) in [5, 5.41) is 0. The summed E-state index contributed by atoms with van der Waals surface area (Å²) in [4.78, 5) is 15.9. The second kappa shape index (κ2) is 6.90. The molecule has 0 aromatic carbocycles. The van der Waals surface area contributed by atoms with Crippen LogP contribution < -0.4 is 0 Å². The normalized spacial score (nSPS) is 21.1. The molecule has 0 bridgehead atoms. The van der Waals surface area contributed by atoms with E-state index in [2.05, 4.69) is 28.4 Å². The molecule has 112 valence electrons. The molecule has 20 heavy (non-hydrogen) atoms. The molecule has 1 aliphatic rings. The van der Waals surface area contributed by atoms with Crippen molar-refractivity contribution in [2.75, 3.05) is 33.3 Å². The van der Waals surface area contributed by atoms with Crippen LogP contribution in [0.1, 0.15) is 24.7 Å². The number of furan rings is 1. The van der Waals surface area contributed by atoms with Gasteiger partial charge < -0.3 is 9.15 Å². The summed E-state index contributed by atoms with van der Waals surface area (Å²) in [6.07, 6.45) is 2.22. The minimum Gasteiger partial charge on any atom is -0.469 e. The smallest absolute Gasteiger partial charge is 0.306 e. The van der Waals surface area contributed by atoms with Crippen molar-refractivity contribution in [1.29, 1.82) is 0 Å². The second-order valence-corrected chi connectivity index (χ2v) is 5.47. The molecule has 0 radical (unpaired) electrons. The number of rotatable bonds is 5. The fourth-order valence-corrected chi connectivity index (χ4v) is 2.61. The van der Waals surface area contributed by atoms with Crippen LogP contribution in [0.5, 0.6) is 0 Å². The monoisotopic (exact) mass is 280 g/mol. The number of hydrogen-bond donors (Lipinski definition) is 0. The highest BCUT2D eigenvalue weighted by atomic mass is 16.5. The fraction of sp³-hybridized carbons (Fsp3) is 0.667. The molecule has 0 spiro atoms. The molecular weight excluding hydrogens is 256 g/mol. The molecule has 1 aliphatic heterocycles. The van der Waals surface area contributed by atoms with Crippen molar-refractivity contribution in [2.45, 2.75) is 32.9 Å². The molecule has 5 nitrogen and oxygen atoms in total. The van der Waals surface area contributed by atoms with Gasteiger partial charge >= 0.3 is 5.97 Å². The van der Waals surface area contributed by atoms with Crippen LogP contribution in [-0.2, 0) is 16.1 Å². The molecule has 2 rings (SSSR count). The SMILES string of the molecule is COC(=O)CCN1CCN(Cc2occc2C)C(C)C1. The zero-order chi connectivity index (χ0) is 14.5. The lowest BCUT2D eigenvalue weighted by Crippen LogP contribution is -2.51. The highest BCUT2D eigenvalue weighted by molar-refractivity contribution is 5.69. The first-order valence-corrected chi connectivity index (χ1v) is 7.16. The second-order valence-electron chi connectivity index (χ2n) is 5.47. The van der Waals surface area contributed by atoms with Gasteiger partial charge in [0, 0.05) is 32.2 Å². The lowest BCUT2D eigenvalue weighted by atomic mass is 10.1. The lowest BCUT2D eigenvalue weighted by Gasteiger charge is -2.39. The van der Waals surface area contributed by atoms with Crippen LogP contribution in [0.3, 0.4) is 0 Å². The number of aryl methyl sites for hydroxylation is 1. The van der Waals surface area contributed by atoms with Crippen LogP contribution >= 0.6 is 0 Å². The van der Waals surface area contributed by atoms with E-state index >= 15 is 0 Å². The Morgan fingerprint density at radius 3 is 2.90 bits per heavy atom. The van der Waals surface area contributed by atoms with Crippen molar-refractivity contribution in [3.05, 3.63) is 23.7 Å². The van der Waals surface area contributed by atoms with Gasteiger partial charge in [-0.1, -0.05) is 0 Å². The molecule has 2 heterocycles. The molecule has 0 amide bonds. The predicted molar refractivity (Wildman–Crippen MR) is 76.4 cm³/mol. The summed E-state index contributed by atoms with van der Waals surface area (Å²) < 4.78 is 10.2. The van der Waals surface area contributed by atoms with Crippen molar-refractivity contribution >= 4 is 5.97 Å². The van der Waals surface area contributed by atoms with Gasteiger partial charge in [-0.3, -0.25) is 14.6 Å². The third-order valence-electron chi connectivity index (χ3n) is 4.02. The largest absolute Gasteiger partial charge is 0.469 e. The van der Waals surface area contributed by atoms with Crippen LogP contribution in [0.25, 0.3) is 0 Å². The van der Waals surface area contributed by atoms with E-state index in [0.29, 0.717) is 12.5 Å². The Hall–Kier alpha value is -1.33. The van der Waals surface area contributed by atoms with Gasteiger partial charge in [-0.25, -0.2) is 0 Å². The number of carbonyl (C=O) groups is 1. The molecule has 1 unspecified atom stereocenters. The van der Waals surface area contributed by atoms with E-state index < -0.39 is 0 Å². The van der Waals surface area contributed by atoms with Gasteiger partial charge in [-0.05, 0) is 25.5 Å². The minimum absolute atomic E-state index is 0.133. The van der Waals surface area contributed by atoms with Crippen molar-refractivity contribution in [1.82, 2.24) is 9.80 Å². The highest BCUT2D eigenvalue weighted by Gasteiger charge is 2.24. The molecule has 1 aromatic rings. The molecule has 1 fully saturated rings. The van der Waals surface area contributed by atoms with E-state index in [0.717, 1.165) is 38.5 Å². The lowest BCUT2D eigenvalue weighted by molar-refractivity contribution is -0.141. The van der Waals surface area contributed by atoms with Gasteiger partial charge in [0.05, 0.1) is 26.3 Å². The quantitative estimate of drug-likeness (QED) is 0.768. The Balaban J connectivity index is 1.80. The number of ether oxygens (including phenoxy) is 1. The van der Waals surface area contributed by atoms with Crippen LogP contribution in [0, 0.1) is 6.92 Å². The topological polar surface area (TPSA) is 45.9 Å². The average Bonchev–Trinajstić information content (AvgIpc) is 2.84. The Morgan fingerprint density at radius 1 is 1.50 bits per heavy atom. The zero-order valence-corrected chi connectivity index (χ0v) is 12.6. The number of esters is 1. The summed E-state index contributed by atoms with van der Waals surface area (Å²) >= 11 is 0. The first-order valence-electron chi connectivity index (χ1n) is 7.16. The maximum absolute atomic E-state index is 11.2. The Labute approximate surface area is 120 Å². The molecule has 5 heteroatoms. The Bertz CT molecular complexity index is 444. The summed E-state index contributed by atoms with van der Waals surface area (Å²) in [5.41, 5.74) is 1.21. The number of hydrogen-bond acceptors (Lipinski definition) is 5. The fourth-order valence-electron chi connectivity index (χ4n) is 2.61. The van der Waals surface area contributed by atoms with Crippen molar-refractivity contribution in [3.63, 3.8) is 0 Å². The van der Waals surface area contributed by atoms with E-state index in [1.54, 1.807) is 6.26 Å². The first-order chi connectivity index (χ1) is 9.60. The van der Waals surface area contributed by atoms with Gasteiger partial charge in [0.25, 0.3) is 0 Å². The van der Waals surface area contributed by atoms with Gasteiger partial charge in [-0.15, -0.1) is 0 Å². The predicted octanol–water partition coefficient (Wildman–Crippen LogP) is 1.66. The Morgan fingerprint density at radius 2 is 2.30 bits per heavy atom. The van der Waals surface area contributed by atoms with Crippen LogP contribution in [0.4, 0.5) is 0 Å². The molecule has 0 aliphatic carbocycles. The standard InChI is InChI=1S/C15H24N2O3/c1-12-5-9-20-14(12)11-17-8-7-16(10-13(17)2)6-4-15(18)19-3/h5,9,13H,4,6-8,10-11H2,1-3H3. The van der Waals surface area contributed by atoms with Gasteiger partial charge in [0.2, 0.25) is 0 Å². The number of nitrogens with zero attached hydrogens (tertiary/aromatic N) is 2. The number of piperazine rings is 1. The Kier molecular flexibility index (Phi) is 5.20. The molecule has 0 saturated carbocycles. The number of methoxy groups -OCH3 is 1. The van der Waals surface area contributed by atoms with Crippen molar-refractivity contribution < 1.29 is 13.9 Å². The van der Waals surface area contributed by atoms with E-state index in [9.17, 15) is 4.79 Å². The molecule has 1 atom stereocenters. The third kappa shape index (κ3) is 3.84. The summed E-state index contributed by atoms with van der Waals surface area (Å²) in [6.45, 7) is 8.93. The summed E-state index contributed by atoms with van der Waals surface area (Å²) in [7, 11) is 1.44. The van der Waals surface area contributed by atoms with E-state index in [1.165, 1.54) is 12.7 Å². The molecular formula is C15H24N2O3. The van der Waals surface area contributed by atoms with Gasteiger partial charge in [0.1, 0.15) is 5.76 Å². The first kappa shape index (κ1) is 15.1. The van der Waals surface area contributed by atoms with Gasteiger partial charge in [0.15, 0.2) is 0 Å². The minimum atomic E-state index is -0.133. The van der Waals surface area contributed by atoms with Crippen LogP contribution in [-0.4, -0.2) is 55.1 Å². The van der Waals surface area contributed by atoms with E-state index in [-0.39, 0.29) is 5.97 Å².